The van der Waals surface area contributed by atoms with Gasteiger partial charge in [0.15, 0.2) is 0 Å². The minimum Gasteiger partial charge on any atom is -0.360 e. The fourth-order valence-corrected chi connectivity index (χ4v) is 6.31. The van der Waals surface area contributed by atoms with Crippen molar-refractivity contribution in [1.29, 1.82) is 0 Å². The number of nitrogens with two attached hydrogens (primary N) is 1. The Morgan fingerprint density at radius 3 is 2.62 bits per heavy atom. The molecule has 0 atom stereocenters. The molecule has 0 bridgehead atoms. The summed E-state index contributed by atoms with van der Waals surface area (Å²) in [5.41, 5.74) is 15.5. The van der Waals surface area contributed by atoms with Gasteiger partial charge in [-0.1, -0.05) is 76.3 Å². The summed E-state index contributed by atoms with van der Waals surface area (Å²) in [6.45, 7) is 3.50. The summed E-state index contributed by atoms with van der Waals surface area (Å²) in [6, 6.07) is 30.5. The van der Waals surface area contributed by atoms with Crippen molar-refractivity contribution in [2.75, 3.05) is 13.1 Å². The van der Waals surface area contributed by atoms with Crippen LogP contribution in [-0.4, -0.2) is 33.9 Å². The average Bonchev–Trinajstić information content (AvgIpc) is 3.50. The van der Waals surface area contributed by atoms with Crippen LogP contribution in [0, 0.1) is 11.8 Å². The second-order valence-electron chi connectivity index (χ2n) is 11.4. The van der Waals surface area contributed by atoms with E-state index in [-0.39, 0.29) is 5.91 Å². The number of nitrogens with one attached hydrogen (secondary N) is 2. The quantitative estimate of drug-likeness (QED) is 0.170. The SMILES string of the molecule is NCc1ccc(CNC(=O)c2cc(-c3c[nH]c4ccc(Br)cc34)nc3ccc(C#CCN4CCc5ccccc5C4)cc23)cc1. The lowest BCUT2D eigenvalue weighted by Gasteiger charge is -2.26. The Labute approximate surface area is 270 Å². The zero-order valence-electron chi connectivity index (χ0n) is 24.7. The molecular formula is C38H32BrN5O. The van der Waals surface area contributed by atoms with Gasteiger partial charge < -0.3 is 16.0 Å². The maximum absolute atomic E-state index is 13.8. The summed E-state index contributed by atoms with van der Waals surface area (Å²) < 4.78 is 0.979. The average molecular weight is 655 g/mol. The molecule has 4 aromatic carbocycles. The van der Waals surface area contributed by atoms with Gasteiger partial charge in [-0.3, -0.25) is 9.69 Å². The van der Waals surface area contributed by atoms with Crippen LogP contribution in [0.3, 0.4) is 0 Å². The van der Waals surface area contributed by atoms with Gasteiger partial charge in [-0.05, 0) is 71.1 Å². The maximum atomic E-state index is 13.8. The van der Waals surface area contributed by atoms with Gasteiger partial charge in [0.25, 0.3) is 5.91 Å². The van der Waals surface area contributed by atoms with Crippen LogP contribution in [0.5, 0.6) is 0 Å². The van der Waals surface area contributed by atoms with E-state index < -0.39 is 0 Å². The van der Waals surface area contributed by atoms with Gasteiger partial charge in [0, 0.05) is 64.3 Å². The Bertz CT molecular complexity index is 2110. The van der Waals surface area contributed by atoms with Gasteiger partial charge in [-0.2, -0.15) is 0 Å². The molecule has 1 aliphatic heterocycles. The van der Waals surface area contributed by atoms with Crippen LogP contribution in [-0.2, 0) is 26.1 Å². The molecule has 7 heteroatoms. The van der Waals surface area contributed by atoms with E-state index in [1.54, 1.807) is 0 Å². The minimum absolute atomic E-state index is 0.162. The van der Waals surface area contributed by atoms with Crippen molar-refractivity contribution in [1.82, 2.24) is 20.2 Å². The molecule has 0 saturated heterocycles. The van der Waals surface area contributed by atoms with Crippen LogP contribution in [0.4, 0.5) is 0 Å². The largest absolute Gasteiger partial charge is 0.360 e. The van der Waals surface area contributed by atoms with Gasteiger partial charge in [0.2, 0.25) is 0 Å². The topological polar surface area (TPSA) is 87.0 Å². The number of carbonyl (C=O) groups excluding carboxylic acids is 1. The zero-order chi connectivity index (χ0) is 30.8. The van der Waals surface area contributed by atoms with Crippen LogP contribution < -0.4 is 11.1 Å². The number of halogens is 1. The molecule has 0 spiro atoms. The third kappa shape index (κ3) is 6.27. The molecule has 0 aliphatic carbocycles. The zero-order valence-corrected chi connectivity index (χ0v) is 26.3. The van der Waals surface area contributed by atoms with Crippen LogP contribution in [0.2, 0.25) is 0 Å². The highest BCUT2D eigenvalue weighted by molar-refractivity contribution is 9.10. The van der Waals surface area contributed by atoms with E-state index in [4.69, 9.17) is 10.7 Å². The van der Waals surface area contributed by atoms with Crippen molar-refractivity contribution >= 4 is 43.6 Å². The molecule has 1 amide bonds. The molecule has 4 N–H and O–H groups in total. The van der Waals surface area contributed by atoms with E-state index in [0.29, 0.717) is 25.2 Å². The number of aromatic amines is 1. The van der Waals surface area contributed by atoms with Gasteiger partial charge in [-0.15, -0.1) is 0 Å². The third-order valence-electron chi connectivity index (χ3n) is 8.43. The third-order valence-corrected chi connectivity index (χ3v) is 8.92. The Kier molecular flexibility index (Phi) is 8.19. The number of amides is 1. The number of aromatic nitrogens is 2. The lowest BCUT2D eigenvalue weighted by molar-refractivity contribution is 0.0952. The maximum Gasteiger partial charge on any atom is 0.252 e. The molecule has 0 saturated carbocycles. The van der Waals surface area contributed by atoms with Crippen molar-refractivity contribution in [3.8, 4) is 23.1 Å². The predicted octanol–water partition coefficient (Wildman–Crippen LogP) is 6.94. The summed E-state index contributed by atoms with van der Waals surface area (Å²) in [4.78, 5) is 24.5. The molecule has 3 heterocycles. The highest BCUT2D eigenvalue weighted by Gasteiger charge is 2.17. The van der Waals surface area contributed by atoms with Gasteiger partial charge in [0.1, 0.15) is 0 Å². The van der Waals surface area contributed by atoms with Crippen LogP contribution in [0.1, 0.15) is 38.2 Å². The number of H-pyrrole nitrogens is 1. The van der Waals surface area contributed by atoms with Crippen LogP contribution in [0.25, 0.3) is 33.1 Å². The number of hydrogen-bond donors (Lipinski definition) is 3. The Hall–Kier alpha value is -4.74. The van der Waals surface area contributed by atoms with E-state index in [1.807, 2.05) is 66.9 Å². The number of benzene rings is 4. The lowest BCUT2D eigenvalue weighted by atomic mass is 10.00. The Morgan fingerprint density at radius 2 is 1.78 bits per heavy atom. The first kappa shape index (κ1) is 29.0. The first-order valence-corrected chi connectivity index (χ1v) is 15.9. The van der Waals surface area contributed by atoms with Crippen molar-refractivity contribution in [3.05, 3.63) is 135 Å². The Morgan fingerprint density at radius 1 is 0.956 bits per heavy atom. The van der Waals surface area contributed by atoms with E-state index in [0.717, 1.165) is 73.7 Å². The lowest BCUT2D eigenvalue weighted by Crippen LogP contribution is -2.30. The summed E-state index contributed by atoms with van der Waals surface area (Å²) in [5.74, 6) is 6.55. The van der Waals surface area contributed by atoms with E-state index >= 15 is 0 Å². The summed E-state index contributed by atoms with van der Waals surface area (Å²) >= 11 is 3.59. The highest BCUT2D eigenvalue weighted by Crippen LogP contribution is 2.32. The molecular weight excluding hydrogens is 622 g/mol. The molecule has 0 unspecified atom stereocenters. The van der Waals surface area contributed by atoms with Gasteiger partial charge >= 0.3 is 0 Å². The first-order chi connectivity index (χ1) is 22.0. The molecule has 222 valence electrons. The molecule has 7 rings (SSSR count). The summed E-state index contributed by atoms with van der Waals surface area (Å²) in [5, 5.41) is 4.93. The minimum atomic E-state index is -0.162. The summed E-state index contributed by atoms with van der Waals surface area (Å²) in [6.07, 6.45) is 3.00. The number of carbonyl (C=O) groups is 1. The standard InChI is InChI=1S/C38H32BrN5O/c39-30-12-14-35-32(19-30)34(23-41-35)37-20-33(38(45)42-22-27-9-7-26(21-40)8-10-27)31-18-25(11-13-36(31)43-37)4-3-16-44-17-15-28-5-1-2-6-29(28)24-44/h1-2,5-14,18-20,23,41H,15-17,21-22,24,40H2,(H,42,45). The van der Waals surface area contributed by atoms with E-state index in [2.05, 4.69) is 73.3 Å². The number of rotatable bonds is 6. The van der Waals surface area contributed by atoms with E-state index in [1.165, 1.54) is 11.1 Å². The molecule has 45 heavy (non-hydrogen) atoms. The fourth-order valence-electron chi connectivity index (χ4n) is 5.95. The fraction of sp³-hybridized carbons (Fsp3) is 0.158. The number of pyridine rings is 1. The van der Waals surface area contributed by atoms with E-state index in [9.17, 15) is 4.79 Å². The predicted molar refractivity (Wildman–Crippen MR) is 185 cm³/mol. The van der Waals surface area contributed by atoms with Gasteiger partial charge in [-0.25, -0.2) is 4.98 Å². The normalized spacial score (nSPS) is 12.9. The Balaban J connectivity index is 1.20. The van der Waals surface area contributed by atoms with Gasteiger partial charge in [0.05, 0.1) is 23.3 Å². The number of fused-ring (bicyclic) bond motifs is 3. The molecule has 6 aromatic rings. The van der Waals surface area contributed by atoms with Crippen molar-refractivity contribution in [3.63, 3.8) is 0 Å². The second kappa shape index (κ2) is 12.7. The smallest absolute Gasteiger partial charge is 0.252 e. The number of nitrogens with zero attached hydrogens (tertiary/aromatic N) is 2. The molecule has 1 aliphatic rings. The van der Waals surface area contributed by atoms with Crippen LogP contribution in [0.15, 0.2) is 102 Å². The van der Waals surface area contributed by atoms with Crippen LogP contribution >= 0.6 is 15.9 Å². The first-order valence-electron chi connectivity index (χ1n) is 15.1. The van der Waals surface area contributed by atoms with Crippen molar-refractivity contribution < 1.29 is 4.79 Å². The van der Waals surface area contributed by atoms with Crippen molar-refractivity contribution in [2.24, 2.45) is 5.73 Å². The second-order valence-corrected chi connectivity index (χ2v) is 12.3. The molecule has 0 fully saturated rings. The number of hydrogen-bond acceptors (Lipinski definition) is 4. The molecule has 6 nitrogen and oxygen atoms in total. The molecule has 0 radical (unpaired) electrons. The van der Waals surface area contributed by atoms with Crippen molar-refractivity contribution in [2.45, 2.75) is 26.1 Å². The molecule has 2 aromatic heterocycles. The highest BCUT2D eigenvalue weighted by atomic mass is 79.9. The monoisotopic (exact) mass is 653 g/mol. The summed E-state index contributed by atoms with van der Waals surface area (Å²) in [7, 11) is 0.